The Labute approximate surface area is 182 Å². The standard InChI is InChI=1S/C26H25NO4/c1-29-22-13-8-20(9-14-22)18-31-25-24(17-10-19-6-4-3-5-7-19)27(26(25)28)21-11-15-23(30-2)16-12-21/h3-17,24-25H,18H2,1-2H3/b17-10+/t24-,25+/m0/s1. The van der Waals surface area contributed by atoms with Crippen LogP contribution in [0.1, 0.15) is 11.1 Å². The molecule has 0 radical (unpaired) electrons. The highest BCUT2D eigenvalue weighted by atomic mass is 16.5. The van der Waals surface area contributed by atoms with Crippen molar-refractivity contribution in [2.75, 3.05) is 19.1 Å². The van der Waals surface area contributed by atoms with Crippen LogP contribution in [0.15, 0.2) is 84.9 Å². The lowest BCUT2D eigenvalue weighted by molar-refractivity contribution is -0.141. The first kappa shape index (κ1) is 20.7. The Hall–Kier alpha value is -3.57. The van der Waals surface area contributed by atoms with Gasteiger partial charge in [-0.05, 0) is 47.5 Å². The molecule has 3 aromatic rings. The van der Waals surface area contributed by atoms with Crippen molar-refractivity contribution in [3.05, 3.63) is 96.1 Å². The number of amides is 1. The Balaban J connectivity index is 1.52. The Morgan fingerprint density at radius 2 is 1.45 bits per heavy atom. The number of anilines is 1. The lowest BCUT2D eigenvalue weighted by Crippen LogP contribution is -2.65. The maximum atomic E-state index is 13.0. The summed E-state index contributed by atoms with van der Waals surface area (Å²) in [6.45, 7) is 0.354. The normalized spacial score (nSPS) is 18.1. The Bertz CT molecular complexity index is 1030. The summed E-state index contributed by atoms with van der Waals surface area (Å²) in [6.07, 6.45) is 3.51. The molecule has 3 aromatic carbocycles. The van der Waals surface area contributed by atoms with Gasteiger partial charge in [0.05, 0.1) is 26.9 Å². The minimum Gasteiger partial charge on any atom is -0.497 e. The maximum Gasteiger partial charge on any atom is 0.259 e. The Kier molecular flexibility index (Phi) is 6.34. The lowest BCUT2D eigenvalue weighted by atomic mass is 9.95. The number of hydrogen-bond donors (Lipinski definition) is 0. The van der Waals surface area contributed by atoms with E-state index < -0.39 is 6.10 Å². The van der Waals surface area contributed by atoms with Crippen LogP contribution < -0.4 is 14.4 Å². The summed E-state index contributed by atoms with van der Waals surface area (Å²) in [5.41, 5.74) is 2.88. The molecule has 1 amide bonds. The zero-order chi connectivity index (χ0) is 21.6. The third-order valence-electron chi connectivity index (χ3n) is 5.31. The summed E-state index contributed by atoms with van der Waals surface area (Å²) < 4.78 is 16.5. The van der Waals surface area contributed by atoms with E-state index in [1.54, 1.807) is 19.1 Å². The minimum absolute atomic E-state index is 0.0543. The second-order valence-electron chi connectivity index (χ2n) is 7.25. The number of nitrogens with zero attached hydrogens (tertiary/aromatic N) is 1. The first-order chi connectivity index (χ1) is 15.2. The van der Waals surface area contributed by atoms with Crippen molar-refractivity contribution in [2.24, 2.45) is 0 Å². The molecule has 0 bridgehead atoms. The van der Waals surface area contributed by atoms with Gasteiger partial charge in [-0.3, -0.25) is 9.69 Å². The fraction of sp³-hybridized carbons (Fsp3) is 0.192. The van der Waals surface area contributed by atoms with E-state index in [9.17, 15) is 4.79 Å². The average molecular weight is 415 g/mol. The van der Waals surface area contributed by atoms with Crippen LogP contribution in [-0.2, 0) is 16.1 Å². The van der Waals surface area contributed by atoms with E-state index in [1.807, 2.05) is 91.0 Å². The monoisotopic (exact) mass is 415 g/mol. The predicted molar refractivity (Wildman–Crippen MR) is 121 cm³/mol. The molecule has 1 aliphatic heterocycles. The number of benzene rings is 3. The van der Waals surface area contributed by atoms with Crippen molar-refractivity contribution < 1.29 is 19.0 Å². The Morgan fingerprint density at radius 3 is 2.06 bits per heavy atom. The summed E-state index contributed by atoms with van der Waals surface area (Å²) in [5, 5.41) is 0. The fourth-order valence-electron chi connectivity index (χ4n) is 3.56. The highest BCUT2D eigenvalue weighted by Crippen LogP contribution is 2.33. The summed E-state index contributed by atoms with van der Waals surface area (Å²) in [5.74, 6) is 1.49. The largest absolute Gasteiger partial charge is 0.497 e. The van der Waals surface area contributed by atoms with E-state index in [4.69, 9.17) is 14.2 Å². The second-order valence-corrected chi connectivity index (χ2v) is 7.25. The molecule has 0 spiro atoms. The van der Waals surface area contributed by atoms with Crippen molar-refractivity contribution in [3.63, 3.8) is 0 Å². The second kappa shape index (κ2) is 9.49. The molecule has 1 heterocycles. The van der Waals surface area contributed by atoms with Gasteiger partial charge in [-0.15, -0.1) is 0 Å². The van der Waals surface area contributed by atoms with Crippen molar-refractivity contribution in [3.8, 4) is 11.5 Å². The van der Waals surface area contributed by atoms with E-state index in [0.29, 0.717) is 6.61 Å². The van der Waals surface area contributed by atoms with E-state index >= 15 is 0 Å². The van der Waals surface area contributed by atoms with Gasteiger partial charge in [0.15, 0.2) is 6.10 Å². The highest BCUT2D eigenvalue weighted by molar-refractivity contribution is 6.05. The quantitative estimate of drug-likeness (QED) is 0.500. The van der Waals surface area contributed by atoms with E-state index in [-0.39, 0.29) is 11.9 Å². The minimum atomic E-state index is -0.538. The molecule has 1 aliphatic rings. The summed E-state index contributed by atoms with van der Waals surface area (Å²) in [7, 11) is 3.26. The molecule has 2 atom stereocenters. The molecular weight excluding hydrogens is 390 g/mol. The van der Waals surface area contributed by atoms with E-state index in [1.165, 1.54) is 0 Å². The molecule has 1 fully saturated rings. The molecule has 0 saturated carbocycles. The molecule has 4 rings (SSSR count). The number of methoxy groups -OCH3 is 2. The third-order valence-corrected chi connectivity index (χ3v) is 5.31. The number of ether oxygens (including phenoxy) is 3. The molecule has 0 N–H and O–H groups in total. The van der Waals surface area contributed by atoms with Crippen LogP contribution in [0, 0.1) is 0 Å². The van der Waals surface area contributed by atoms with Crippen LogP contribution in [0.25, 0.3) is 6.08 Å². The van der Waals surface area contributed by atoms with Crippen molar-refractivity contribution in [1.82, 2.24) is 0 Å². The summed E-state index contributed by atoms with van der Waals surface area (Å²) in [4.78, 5) is 14.7. The van der Waals surface area contributed by atoms with Gasteiger partial charge in [-0.1, -0.05) is 54.6 Å². The number of β-lactam (4-membered cyclic amide) rings is 1. The molecule has 0 unspecified atom stereocenters. The van der Waals surface area contributed by atoms with Gasteiger partial charge in [0.2, 0.25) is 0 Å². The van der Waals surface area contributed by atoms with Crippen LogP contribution in [0.4, 0.5) is 5.69 Å². The fourth-order valence-corrected chi connectivity index (χ4v) is 3.56. The number of hydrogen-bond acceptors (Lipinski definition) is 4. The van der Waals surface area contributed by atoms with Gasteiger partial charge in [0.1, 0.15) is 11.5 Å². The molecule has 0 aliphatic carbocycles. The lowest BCUT2D eigenvalue weighted by Gasteiger charge is -2.45. The number of rotatable bonds is 8. The van der Waals surface area contributed by atoms with Gasteiger partial charge in [0, 0.05) is 5.69 Å². The van der Waals surface area contributed by atoms with Gasteiger partial charge in [-0.25, -0.2) is 0 Å². The molecular formula is C26H25NO4. The summed E-state index contributed by atoms with van der Waals surface area (Å²) in [6, 6.07) is 25.0. The first-order valence-corrected chi connectivity index (χ1v) is 10.1. The van der Waals surface area contributed by atoms with Crippen molar-refractivity contribution in [2.45, 2.75) is 18.8 Å². The SMILES string of the molecule is COc1ccc(CO[C@H]2C(=O)N(c3ccc(OC)cc3)[C@H]2/C=C/c2ccccc2)cc1. The van der Waals surface area contributed by atoms with Crippen LogP contribution in [0.5, 0.6) is 11.5 Å². The van der Waals surface area contributed by atoms with Crippen molar-refractivity contribution >= 4 is 17.7 Å². The topological polar surface area (TPSA) is 48.0 Å². The molecule has 158 valence electrons. The summed E-state index contributed by atoms with van der Waals surface area (Å²) >= 11 is 0. The van der Waals surface area contributed by atoms with Crippen LogP contribution in [-0.4, -0.2) is 32.3 Å². The molecule has 31 heavy (non-hydrogen) atoms. The van der Waals surface area contributed by atoms with E-state index in [2.05, 4.69) is 0 Å². The first-order valence-electron chi connectivity index (χ1n) is 10.1. The number of carbonyl (C=O) groups excluding carboxylic acids is 1. The van der Waals surface area contributed by atoms with Crippen LogP contribution in [0.3, 0.4) is 0 Å². The van der Waals surface area contributed by atoms with Crippen LogP contribution in [0.2, 0.25) is 0 Å². The Morgan fingerprint density at radius 1 is 0.839 bits per heavy atom. The van der Waals surface area contributed by atoms with Gasteiger partial charge in [-0.2, -0.15) is 0 Å². The maximum absolute atomic E-state index is 13.0. The van der Waals surface area contributed by atoms with Crippen molar-refractivity contribution in [1.29, 1.82) is 0 Å². The van der Waals surface area contributed by atoms with Gasteiger partial charge in [0.25, 0.3) is 5.91 Å². The van der Waals surface area contributed by atoms with E-state index in [0.717, 1.165) is 28.3 Å². The smallest absolute Gasteiger partial charge is 0.259 e. The number of carbonyl (C=O) groups is 1. The molecule has 0 aromatic heterocycles. The van der Waals surface area contributed by atoms with Gasteiger partial charge >= 0.3 is 0 Å². The zero-order valence-electron chi connectivity index (χ0n) is 17.6. The third kappa shape index (κ3) is 4.62. The highest BCUT2D eigenvalue weighted by Gasteiger charge is 2.47. The zero-order valence-corrected chi connectivity index (χ0v) is 17.6. The molecule has 5 nitrogen and oxygen atoms in total. The molecule has 5 heteroatoms. The molecule has 1 saturated heterocycles. The predicted octanol–water partition coefficient (Wildman–Crippen LogP) is 4.72. The van der Waals surface area contributed by atoms with Gasteiger partial charge < -0.3 is 14.2 Å². The average Bonchev–Trinajstić information content (AvgIpc) is 2.83. The van der Waals surface area contributed by atoms with Crippen LogP contribution >= 0.6 is 0 Å².